The number of ether oxygens (including phenoxy) is 1. The fraction of sp³-hybridized carbons (Fsp3) is 1.00. The van der Waals surface area contributed by atoms with Crippen LogP contribution in [0.15, 0.2) is 0 Å². The molecule has 2 aliphatic rings. The Bertz CT molecular complexity index is 148. The van der Waals surface area contributed by atoms with Crippen molar-refractivity contribution in [2.24, 2.45) is 5.92 Å². The molecule has 0 aromatic heterocycles. The van der Waals surface area contributed by atoms with E-state index in [1.165, 1.54) is 0 Å². The van der Waals surface area contributed by atoms with Crippen molar-refractivity contribution < 1.29 is 14.9 Å². The molecule has 4 unspecified atom stereocenters. The minimum absolute atomic E-state index is 0.128. The van der Waals surface area contributed by atoms with E-state index in [4.69, 9.17) is 9.84 Å². The molecule has 2 heterocycles. The van der Waals surface area contributed by atoms with Gasteiger partial charge in [-0.3, -0.25) is 0 Å². The van der Waals surface area contributed by atoms with Crippen LogP contribution in [0.4, 0.5) is 0 Å². The Morgan fingerprint density at radius 3 is 2.73 bits per heavy atom. The highest BCUT2D eigenvalue weighted by Crippen LogP contribution is 2.40. The van der Waals surface area contributed by atoms with Crippen LogP contribution in [-0.2, 0) is 4.74 Å². The van der Waals surface area contributed by atoms with Crippen molar-refractivity contribution in [2.75, 3.05) is 6.61 Å². The molecule has 64 valence electrons. The molecule has 3 heteroatoms. The summed E-state index contributed by atoms with van der Waals surface area (Å²) in [6.07, 6.45) is 3.16. The lowest BCUT2D eigenvalue weighted by atomic mass is 9.85. The van der Waals surface area contributed by atoms with E-state index in [2.05, 4.69) is 0 Å². The Morgan fingerprint density at radius 2 is 2.27 bits per heavy atom. The normalized spacial score (nSPS) is 44.7. The van der Waals surface area contributed by atoms with Crippen LogP contribution in [0.5, 0.6) is 0 Å². The summed E-state index contributed by atoms with van der Waals surface area (Å²) in [5, 5.41) is 18.1. The second-order valence-corrected chi connectivity index (χ2v) is 3.52. The fourth-order valence-electron chi connectivity index (χ4n) is 2.22. The quantitative estimate of drug-likeness (QED) is 0.590. The molecule has 11 heavy (non-hydrogen) atoms. The molecule has 0 aromatic rings. The Balaban J connectivity index is 1.96. The lowest BCUT2D eigenvalue weighted by Crippen LogP contribution is -2.31. The van der Waals surface area contributed by atoms with Crippen LogP contribution >= 0.6 is 0 Å². The Morgan fingerprint density at radius 1 is 1.45 bits per heavy atom. The molecule has 0 radical (unpaired) electrons. The molecule has 4 atom stereocenters. The van der Waals surface area contributed by atoms with Gasteiger partial charge in [0.05, 0.1) is 24.9 Å². The minimum Gasteiger partial charge on any atom is -0.394 e. The average Bonchev–Trinajstić information content (AvgIpc) is 2.62. The predicted octanol–water partition coefficient (Wildman–Crippen LogP) is -0.0929. The van der Waals surface area contributed by atoms with Gasteiger partial charge in [0.15, 0.2) is 0 Å². The minimum atomic E-state index is -0.565. The van der Waals surface area contributed by atoms with Gasteiger partial charge in [0, 0.05) is 5.92 Å². The van der Waals surface area contributed by atoms with Crippen molar-refractivity contribution in [2.45, 2.75) is 37.6 Å². The van der Waals surface area contributed by atoms with Crippen LogP contribution in [0, 0.1) is 5.92 Å². The highest BCUT2D eigenvalue weighted by atomic mass is 16.5. The highest BCUT2D eigenvalue weighted by Gasteiger charge is 2.43. The zero-order valence-corrected chi connectivity index (χ0v) is 6.44. The van der Waals surface area contributed by atoms with E-state index in [1.807, 2.05) is 0 Å². The van der Waals surface area contributed by atoms with Crippen molar-refractivity contribution >= 4 is 0 Å². The van der Waals surface area contributed by atoms with E-state index in [9.17, 15) is 5.11 Å². The van der Waals surface area contributed by atoms with Gasteiger partial charge < -0.3 is 14.9 Å². The Kier molecular flexibility index (Phi) is 1.87. The standard InChI is InChI=1S/C8H14O3/c9-4-7(10)6-3-5-1-2-8(6)11-5/h5-10H,1-4H2. The summed E-state index contributed by atoms with van der Waals surface area (Å²) in [5.74, 6) is 0.193. The van der Waals surface area contributed by atoms with Crippen LogP contribution in [0.25, 0.3) is 0 Å². The first-order valence-corrected chi connectivity index (χ1v) is 4.25. The van der Waals surface area contributed by atoms with E-state index in [-0.39, 0.29) is 18.6 Å². The number of aliphatic hydroxyl groups is 2. The van der Waals surface area contributed by atoms with E-state index in [0.29, 0.717) is 6.10 Å². The van der Waals surface area contributed by atoms with E-state index < -0.39 is 6.10 Å². The maximum absolute atomic E-state index is 9.35. The van der Waals surface area contributed by atoms with Crippen LogP contribution in [0.2, 0.25) is 0 Å². The van der Waals surface area contributed by atoms with Crippen molar-refractivity contribution in [1.82, 2.24) is 0 Å². The summed E-state index contributed by atoms with van der Waals surface area (Å²) in [5.41, 5.74) is 0. The number of rotatable bonds is 2. The molecule has 3 nitrogen and oxygen atoms in total. The first kappa shape index (κ1) is 7.53. The van der Waals surface area contributed by atoms with Gasteiger partial charge in [-0.25, -0.2) is 0 Å². The summed E-state index contributed by atoms with van der Waals surface area (Å²) in [7, 11) is 0. The maximum Gasteiger partial charge on any atom is 0.0824 e. The third-order valence-electron chi connectivity index (χ3n) is 2.83. The summed E-state index contributed by atoms with van der Waals surface area (Å²) in [4.78, 5) is 0. The van der Waals surface area contributed by atoms with Gasteiger partial charge in [0.2, 0.25) is 0 Å². The molecule has 2 aliphatic heterocycles. The van der Waals surface area contributed by atoms with Gasteiger partial charge in [0.25, 0.3) is 0 Å². The van der Waals surface area contributed by atoms with Crippen molar-refractivity contribution in [1.29, 1.82) is 0 Å². The zero-order valence-electron chi connectivity index (χ0n) is 6.44. The molecule has 0 aliphatic carbocycles. The molecular formula is C8H14O3. The van der Waals surface area contributed by atoms with Crippen LogP contribution in [0.1, 0.15) is 19.3 Å². The fourth-order valence-corrected chi connectivity index (χ4v) is 2.22. The zero-order chi connectivity index (χ0) is 7.84. The monoisotopic (exact) mass is 158 g/mol. The second-order valence-electron chi connectivity index (χ2n) is 3.52. The SMILES string of the molecule is OCC(O)C1CC2CCC1O2. The van der Waals surface area contributed by atoms with Gasteiger partial charge >= 0.3 is 0 Å². The smallest absolute Gasteiger partial charge is 0.0824 e. The molecule has 0 spiro atoms. The average molecular weight is 158 g/mol. The van der Waals surface area contributed by atoms with Crippen LogP contribution in [-0.4, -0.2) is 35.1 Å². The number of fused-ring (bicyclic) bond motifs is 2. The molecular weight excluding hydrogens is 144 g/mol. The third-order valence-corrected chi connectivity index (χ3v) is 2.83. The second kappa shape index (κ2) is 2.73. The summed E-state index contributed by atoms with van der Waals surface area (Å²) < 4.78 is 5.54. The van der Waals surface area contributed by atoms with Crippen molar-refractivity contribution in [3.05, 3.63) is 0 Å². The van der Waals surface area contributed by atoms with E-state index in [1.54, 1.807) is 0 Å². The Labute approximate surface area is 66.0 Å². The van der Waals surface area contributed by atoms with Crippen LogP contribution in [0.3, 0.4) is 0 Å². The third kappa shape index (κ3) is 1.17. The molecule has 2 bridgehead atoms. The number of hydrogen-bond acceptors (Lipinski definition) is 3. The Hall–Kier alpha value is -0.120. The van der Waals surface area contributed by atoms with Gasteiger partial charge in [-0.2, -0.15) is 0 Å². The molecule has 2 N–H and O–H groups in total. The molecule has 0 aromatic carbocycles. The number of aliphatic hydroxyl groups excluding tert-OH is 2. The van der Waals surface area contributed by atoms with E-state index >= 15 is 0 Å². The topological polar surface area (TPSA) is 49.7 Å². The van der Waals surface area contributed by atoms with Crippen molar-refractivity contribution in [3.63, 3.8) is 0 Å². The van der Waals surface area contributed by atoms with Crippen molar-refractivity contribution in [3.8, 4) is 0 Å². The molecule has 2 saturated heterocycles. The summed E-state index contributed by atoms with van der Waals surface area (Å²) in [6.45, 7) is -0.128. The number of hydrogen-bond donors (Lipinski definition) is 2. The largest absolute Gasteiger partial charge is 0.394 e. The molecule has 0 amide bonds. The first-order valence-electron chi connectivity index (χ1n) is 4.25. The predicted molar refractivity (Wildman–Crippen MR) is 39.1 cm³/mol. The van der Waals surface area contributed by atoms with Crippen LogP contribution < -0.4 is 0 Å². The van der Waals surface area contributed by atoms with Gasteiger partial charge in [-0.15, -0.1) is 0 Å². The lowest BCUT2D eigenvalue weighted by Gasteiger charge is -2.22. The molecule has 2 rings (SSSR count). The summed E-state index contributed by atoms with van der Waals surface area (Å²) in [6, 6.07) is 0. The maximum atomic E-state index is 9.35. The molecule has 0 saturated carbocycles. The van der Waals surface area contributed by atoms with Gasteiger partial charge in [-0.05, 0) is 19.3 Å². The highest BCUT2D eigenvalue weighted by molar-refractivity contribution is 4.92. The summed E-state index contributed by atoms with van der Waals surface area (Å²) >= 11 is 0. The first-order chi connectivity index (χ1) is 5.31. The van der Waals surface area contributed by atoms with Gasteiger partial charge in [0.1, 0.15) is 0 Å². The lowest BCUT2D eigenvalue weighted by molar-refractivity contribution is 0.0115. The van der Waals surface area contributed by atoms with E-state index in [0.717, 1.165) is 19.3 Å². The molecule has 2 fully saturated rings. The van der Waals surface area contributed by atoms with Gasteiger partial charge in [-0.1, -0.05) is 0 Å².